The first kappa shape index (κ1) is 21.2. The second kappa shape index (κ2) is 9.02. The fourth-order valence-corrected chi connectivity index (χ4v) is 2.23. The third-order valence-electron chi connectivity index (χ3n) is 3.31. The molecule has 0 heterocycles. The molecule has 0 aliphatic carbocycles. The highest BCUT2D eigenvalue weighted by molar-refractivity contribution is 5.73. The zero-order valence-electron chi connectivity index (χ0n) is 15.5. The highest BCUT2D eigenvalue weighted by atomic mass is 16.6. The molecule has 1 unspecified atom stereocenters. The third-order valence-corrected chi connectivity index (χ3v) is 3.31. The summed E-state index contributed by atoms with van der Waals surface area (Å²) < 4.78 is 14.9. The fraction of sp³-hybridized carbons (Fsp3) is 0.529. The topological polar surface area (TPSA) is 117 Å². The number of methoxy groups -OCH3 is 2. The minimum Gasteiger partial charge on any atom is -0.497 e. The number of carbonyl (C=O) groups is 2. The molecule has 9 heteroatoms. The summed E-state index contributed by atoms with van der Waals surface area (Å²) >= 11 is 0. The lowest BCUT2D eigenvalue weighted by molar-refractivity contribution is -0.385. The van der Waals surface area contributed by atoms with E-state index in [0.717, 1.165) is 0 Å². The van der Waals surface area contributed by atoms with E-state index in [0.29, 0.717) is 11.3 Å². The maximum Gasteiger partial charge on any atom is 0.407 e. The van der Waals surface area contributed by atoms with Crippen LogP contribution in [0.25, 0.3) is 0 Å². The number of benzene rings is 1. The molecule has 0 bridgehead atoms. The van der Waals surface area contributed by atoms with Crippen LogP contribution in [0, 0.1) is 10.1 Å². The molecule has 144 valence electrons. The van der Waals surface area contributed by atoms with Crippen molar-refractivity contribution >= 4 is 17.7 Å². The van der Waals surface area contributed by atoms with Crippen molar-refractivity contribution in [2.75, 3.05) is 14.2 Å². The SMILES string of the molecule is COC(=O)CC(Cc1cc(OC)ccc1[N+](=O)[O-])NC(=O)OC(C)(C)C. The van der Waals surface area contributed by atoms with Crippen LogP contribution in [0.2, 0.25) is 0 Å². The Labute approximate surface area is 151 Å². The van der Waals surface area contributed by atoms with E-state index in [1.54, 1.807) is 20.8 Å². The number of ether oxygens (including phenoxy) is 3. The van der Waals surface area contributed by atoms with Gasteiger partial charge < -0.3 is 19.5 Å². The predicted octanol–water partition coefficient (Wildman–Crippen LogP) is 2.60. The van der Waals surface area contributed by atoms with Crippen molar-refractivity contribution in [3.63, 3.8) is 0 Å². The fourth-order valence-electron chi connectivity index (χ4n) is 2.23. The minimum atomic E-state index is -0.747. The Balaban J connectivity index is 3.06. The predicted molar refractivity (Wildman–Crippen MR) is 93.1 cm³/mol. The summed E-state index contributed by atoms with van der Waals surface area (Å²) in [5.74, 6) is -0.128. The van der Waals surface area contributed by atoms with Crippen molar-refractivity contribution < 1.29 is 28.7 Å². The van der Waals surface area contributed by atoms with Gasteiger partial charge in [0.15, 0.2) is 0 Å². The number of nitro groups is 1. The van der Waals surface area contributed by atoms with Crippen LogP contribution in [-0.4, -0.2) is 42.8 Å². The first-order valence-corrected chi connectivity index (χ1v) is 7.93. The summed E-state index contributed by atoms with van der Waals surface area (Å²) in [5, 5.41) is 13.8. The van der Waals surface area contributed by atoms with E-state index in [4.69, 9.17) is 9.47 Å². The van der Waals surface area contributed by atoms with Crippen LogP contribution in [0.3, 0.4) is 0 Å². The summed E-state index contributed by atoms with van der Waals surface area (Å²) in [6.45, 7) is 5.11. The molecule has 0 spiro atoms. The standard InChI is InChI=1S/C17H24N2O7/c1-17(2,3)26-16(21)18-12(10-15(20)25-5)8-11-9-13(24-4)6-7-14(11)19(22)23/h6-7,9,12H,8,10H2,1-5H3,(H,18,21). The Hall–Kier alpha value is -2.84. The molecule has 26 heavy (non-hydrogen) atoms. The average molecular weight is 368 g/mol. The second-order valence-electron chi connectivity index (χ2n) is 6.58. The van der Waals surface area contributed by atoms with Gasteiger partial charge in [-0.15, -0.1) is 0 Å². The summed E-state index contributed by atoms with van der Waals surface area (Å²) in [4.78, 5) is 34.4. The Morgan fingerprint density at radius 2 is 1.92 bits per heavy atom. The number of esters is 1. The van der Waals surface area contributed by atoms with E-state index in [-0.39, 0.29) is 18.5 Å². The van der Waals surface area contributed by atoms with Crippen molar-refractivity contribution in [2.45, 2.75) is 45.3 Å². The van der Waals surface area contributed by atoms with Gasteiger partial charge in [0.2, 0.25) is 0 Å². The lowest BCUT2D eigenvalue weighted by atomic mass is 10.0. The number of alkyl carbamates (subject to hydrolysis) is 1. The summed E-state index contributed by atoms with van der Waals surface area (Å²) in [6, 6.07) is 3.54. The normalized spacial score (nSPS) is 12.0. The minimum absolute atomic E-state index is 0.0296. The average Bonchev–Trinajstić information content (AvgIpc) is 2.52. The molecule has 1 N–H and O–H groups in total. The van der Waals surface area contributed by atoms with Crippen molar-refractivity contribution in [2.24, 2.45) is 0 Å². The summed E-state index contributed by atoms with van der Waals surface area (Å²) in [5.41, 5.74) is -0.534. The van der Waals surface area contributed by atoms with Gasteiger partial charge in [-0.05, 0) is 32.9 Å². The molecule has 9 nitrogen and oxygen atoms in total. The van der Waals surface area contributed by atoms with Crippen molar-refractivity contribution in [1.29, 1.82) is 0 Å². The van der Waals surface area contributed by atoms with E-state index in [2.05, 4.69) is 10.1 Å². The van der Waals surface area contributed by atoms with Crippen LogP contribution in [0.4, 0.5) is 10.5 Å². The van der Waals surface area contributed by atoms with Gasteiger partial charge in [-0.2, -0.15) is 0 Å². The maximum absolute atomic E-state index is 12.0. The van der Waals surface area contributed by atoms with Crippen LogP contribution in [-0.2, 0) is 20.7 Å². The molecular formula is C17H24N2O7. The van der Waals surface area contributed by atoms with Crippen molar-refractivity contribution in [3.05, 3.63) is 33.9 Å². The monoisotopic (exact) mass is 368 g/mol. The number of hydrogen-bond donors (Lipinski definition) is 1. The maximum atomic E-state index is 12.0. The number of nitro benzene ring substituents is 1. The van der Waals surface area contributed by atoms with Crippen molar-refractivity contribution in [1.82, 2.24) is 5.32 Å². The van der Waals surface area contributed by atoms with E-state index < -0.39 is 28.6 Å². The van der Waals surface area contributed by atoms with Crippen molar-refractivity contribution in [3.8, 4) is 5.75 Å². The zero-order chi connectivity index (χ0) is 19.9. The Morgan fingerprint density at radius 1 is 1.27 bits per heavy atom. The number of amides is 1. The molecule has 0 aliphatic rings. The van der Waals surface area contributed by atoms with Gasteiger partial charge in [0.25, 0.3) is 5.69 Å². The van der Waals surface area contributed by atoms with Crippen LogP contribution in [0.5, 0.6) is 5.75 Å². The first-order valence-electron chi connectivity index (χ1n) is 7.93. The lowest BCUT2D eigenvalue weighted by Gasteiger charge is -2.23. The van der Waals surface area contributed by atoms with Gasteiger partial charge in [0.05, 0.1) is 25.6 Å². The molecular weight excluding hydrogens is 344 g/mol. The lowest BCUT2D eigenvalue weighted by Crippen LogP contribution is -2.41. The highest BCUT2D eigenvalue weighted by Gasteiger charge is 2.25. The number of rotatable bonds is 7. The van der Waals surface area contributed by atoms with Gasteiger partial charge in [-0.1, -0.05) is 0 Å². The zero-order valence-corrected chi connectivity index (χ0v) is 15.5. The van der Waals surface area contributed by atoms with E-state index in [1.807, 2.05) is 0 Å². The first-order chi connectivity index (χ1) is 12.1. The third kappa shape index (κ3) is 6.96. The summed E-state index contributed by atoms with van der Waals surface area (Å²) in [7, 11) is 2.66. The molecule has 1 rings (SSSR count). The van der Waals surface area contributed by atoms with Crippen LogP contribution < -0.4 is 10.1 Å². The number of nitrogens with zero attached hydrogens (tertiary/aromatic N) is 1. The molecule has 1 aromatic rings. The molecule has 0 radical (unpaired) electrons. The quantitative estimate of drug-likeness (QED) is 0.446. The van der Waals surface area contributed by atoms with Gasteiger partial charge >= 0.3 is 12.1 Å². The Kier molecular flexibility index (Phi) is 7.36. The van der Waals surface area contributed by atoms with Gasteiger partial charge in [-0.3, -0.25) is 14.9 Å². The molecule has 1 aromatic carbocycles. The molecule has 0 aliphatic heterocycles. The number of nitrogens with one attached hydrogen (secondary N) is 1. The Bertz CT molecular complexity index is 668. The van der Waals surface area contributed by atoms with E-state index in [1.165, 1.54) is 32.4 Å². The van der Waals surface area contributed by atoms with Gasteiger partial charge in [-0.25, -0.2) is 4.79 Å². The molecule has 1 amide bonds. The van der Waals surface area contributed by atoms with Gasteiger partial charge in [0, 0.05) is 24.1 Å². The van der Waals surface area contributed by atoms with E-state index >= 15 is 0 Å². The second-order valence-corrected chi connectivity index (χ2v) is 6.58. The van der Waals surface area contributed by atoms with Crippen LogP contribution in [0.15, 0.2) is 18.2 Å². The molecule has 0 saturated heterocycles. The molecule has 1 atom stereocenters. The molecule has 0 fully saturated rings. The highest BCUT2D eigenvalue weighted by Crippen LogP contribution is 2.26. The molecule has 0 saturated carbocycles. The Morgan fingerprint density at radius 3 is 2.42 bits per heavy atom. The largest absolute Gasteiger partial charge is 0.497 e. The number of carbonyl (C=O) groups excluding carboxylic acids is 2. The smallest absolute Gasteiger partial charge is 0.407 e. The molecule has 0 aromatic heterocycles. The van der Waals surface area contributed by atoms with Gasteiger partial charge in [0.1, 0.15) is 11.4 Å². The van der Waals surface area contributed by atoms with E-state index in [9.17, 15) is 19.7 Å². The van der Waals surface area contributed by atoms with Crippen LogP contribution >= 0.6 is 0 Å². The summed E-state index contributed by atoms with van der Waals surface area (Å²) in [6.07, 6.45) is -0.858. The van der Waals surface area contributed by atoms with Crippen LogP contribution in [0.1, 0.15) is 32.8 Å². The number of hydrogen-bond acceptors (Lipinski definition) is 7.